The molecule has 0 atom stereocenters. The van der Waals surface area contributed by atoms with Gasteiger partial charge >= 0.3 is 0 Å². The van der Waals surface area contributed by atoms with E-state index in [9.17, 15) is 9.59 Å². The number of hydrogen-bond acceptors (Lipinski definition) is 4. The largest absolute Gasteiger partial charge is 0.352 e. The van der Waals surface area contributed by atoms with Gasteiger partial charge < -0.3 is 15.2 Å². The summed E-state index contributed by atoms with van der Waals surface area (Å²) in [4.78, 5) is 33.5. The molecule has 0 spiro atoms. The lowest BCUT2D eigenvalue weighted by Gasteiger charge is -2.31. The van der Waals surface area contributed by atoms with Crippen LogP contribution >= 0.6 is 12.2 Å². The van der Waals surface area contributed by atoms with Crippen molar-refractivity contribution in [3.05, 3.63) is 52.9 Å². The molecule has 1 fully saturated rings. The van der Waals surface area contributed by atoms with Crippen molar-refractivity contribution < 1.29 is 9.59 Å². The molecule has 24 heavy (non-hydrogen) atoms. The van der Waals surface area contributed by atoms with Gasteiger partial charge in [-0.25, -0.2) is 4.98 Å². The number of hydrogen-bond donors (Lipinski definition) is 2. The van der Waals surface area contributed by atoms with Gasteiger partial charge in [-0.2, -0.15) is 0 Å². The summed E-state index contributed by atoms with van der Waals surface area (Å²) in [5, 5.41) is 2.82. The second kappa shape index (κ2) is 7.35. The number of aromatic amines is 1. The minimum absolute atomic E-state index is 0.0437. The minimum Gasteiger partial charge on any atom is -0.352 e. The first-order chi connectivity index (χ1) is 11.6. The van der Waals surface area contributed by atoms with E-state index in [0.29, 0.717) is 42.0 Å². The molecule has 3 heterocycles. The first kappa shape index (κ1) is 16.3. The van der Waals surface area contributed by atoms with Crippen molar-refractivity contribution in [3.63, 3.8) is 0 Å². The molecule has 0 radical (unpaired) electrons. The van der Waals surface area contributed by atoms with Crippen LogP contribution in [0.2, 0.25) is 0 Å². The monoisotopic (exact) mass is 342 g/mol. The summed E-state index contributed by atoms with van der Waals surface area (Å²) >= 11 is 5.16. The Morgan fingerprint density at radius 3 is 2.67 bits per heavy atom. The van der Waals surface area contributed by atoms with Gasteiger partial charge in [0.2, 0.25) is 5.91 Å². The molecule has 1 saturated heterocycles. The van der Waals surface area contributed by atoms with Crippen LogP contribution < -0.4 is 5.32 Å². The lowest BCUT2D eigenvalue weighted by molar-refractivity contribution is -0.121. The third kappa shape index (κ3) is 3.68. The average molecular weight is 342 g/mol. The number of piperidine rings is 1. The Labute approximate surface area is 144 Å². The van der Waals surface area contributed by atoms with Crippen molar-refractivity contribution in [1.29, 1.82) is 0 Å². The predicted octanol–water partition coefficient (Wildman–Crippen LogP) is 2.63. The maximum Gasteiger partial charge on any atom is 0.256 e. The highest BCUT2D eigenvalue weighted by molar-refractivity contribution is 7.71. The van der Waals surface area contributed by atoms with Crippen LogP contribution in [0.1, 0.15) is 23.2 Å². The van der Waals surface area contributed by atoms with E-state index in [-0.39, 0.29) is 17.7 Å². The van der Waals surface area contributed by atoms with E-state index in [0.717, 1.165) is 0 Å². The molecule has 0 saturated carbocycles. The van der Waals surface area contributed by atoms with Crippen LogP contribution in [0, 0.1) is 10.6 Å². The zero-order valence-corrected chi connectivity index (χ0v) is 13.9. The number of amides is 2. The fourth-order valence-corrected chi connectivity index (χ4v) is 2.99. The zero-order chi connectivity index (χ0) is 16.9. The van der Waals surface area contributed by atoms with Gasteiger partial charge in [0.15, 0.2) is 0 Å². The molecule has 6 nitrogen and oxygen atoms in total. The number of nitrogens with zero attached hydrogens (tertiary/aromatic N) is 2. The number of carbonyl (C=O) groups excluding carboxylic acids is 2. The van der Waals surface area contributed by atoms with Crippen LogP contribution in [-0.2, 0) is 4.79 Å². The molecular formula is C17H18N4O2S. The Kier molecular flexibility index (Phi) is 5.00. The van der Waals surface area contributed by atoms with Gasteiger partial charge in [0, 0.05) is 31.4 Å². The summed E-state index contributed by atoms with van der Waals surface area (Å²) in [7, 11) is 0. The number of pyridine rings is 2. The Bertz CT molecular complexity index is 782. The molecule has 3 rings (SSSR count). The third-order valence-electron chi connectivity index (χ3n) is 4.12. The number of nitrogens with one attached hydrogen (secondary N) is 2. The van der Waals surface area contributed by atoms with Crippen LogP contribution in [0.3, 0.4) is 0 Å². The molecule has 0 unspecified atom stereocenters. The van der Waals surface area contributed by atoms with Gasteiger partial charge in [-0.3, -0.25) is 9.59 Å². The van der Waals surface area contributed by atoms with Crippen molar-refractivity contribution in [1.82, 2.24) is 14.9 Å². The third-order valence-corrected chi connectivity index (χ3v) is 4.46. The Balaban J connectivity index is 1.58. The van der Waals surface area contributed by atoms with Gasteiger partial charge in [0.25, 0.3) is 5.91 Å². The van der Waals surface area contributed by atoms with Crippen LogP contribution in [0.25, 0.3) is 0 Å². The van der Waals surface area contributed by atoms with Crippen LogP contribution in [0.4, 0.5) is 5.82 Å². The van der Waals surface area contributed by atoms with Gasteiger partial charge in [-0.05, 0) is 37.1 Å². The molecular weight excluding hydrogens is 324 g/mol. The first-order valence-corrected chi connectivity index (χ1v) is 8.25. The van der Waals surface area contributed by atoms with E-state index in [2.05, 4.69) is 15.3 Å². The maximum atomic E-state index is 12.5. The number of rotatable bonds is 3. The van der Waals surface area contributed by atoms with Crippen molar-refractivity contribution >= 4 is 29.9 Å². The Hall–Kier alpha value is -2.54. The van der Waals surface area contributed by atoms with Gasteiger partial charge in [-0.1, -0.05) is 18.3 Å². The summed E-state index contributed by atoms with van der Waals surface area (Å²) in [5.74, 6) is 0.316. The van der Waals surface area contributed by atoms with Gasteiger partial charge in [-0.15, -0.1) is 0 Å². The fourth-order valence-electron chi connectivity index (χ4n) is 2.77. The Morgan fingerprint density at radius 2 is 2.00 bits per heavy atom. The summed E-state index contributed by atoms with van der Waals surface area (Å²) in [5.41, 5.74) is 0.504. The van der Waals surface area contributed by atoms with Crippen LogP contribution in [0.15, 0.2) is 42.7 Å². The van der Waals surface area contributed by atoms with E-state index in [1.54, 1.807) is 41.6 Å². The molecule has 2 aromatic heterocycles. The summed E-state index contributed by atoms with van der Waals surface area (Å²) < 4.78 is 0.442. The molecule has 2 amide bonds. The normalized spacial score (nSPS) is 15.1. The van der Waals surface area contributed by atoms with Gasteiger partial charge in [0.05, 0.1) is 5.56 Å². The van der Waals surface area contributed by atoms with Crippen molar-refractivity contribution in [2.45, 2.75) is 12.8 Å². The molecule has 1 aliphatic rings. The number of carbonyl (C=O) groups is 2. The zero-order valence-electron chi connectivity index (χ0n) is 13.1. The highest BCUT2D eigenvalue weighted by Crippen LogP contribution is 2.20. The van der Waals surface area contributed by atoms with Crippen molar-refractivity contribution in [2.75, 3.05) is 18.4 Å². The highest BCUT2D eigenvalue weighted by atomic mass is 32.1. The summed E-state index contributed by atoms with van der Waals surface area (Å²) in [6, 6.07) is 8.87. The molecule has 0 aromatic carbocycles. The highest BCUT2D eigenvalue weighted by Gasteiger charge is 2.28. The standard InChI is InChI=1S/C17H18N4O2S/c22-15(20-14-5-1-2-8-18-14)12-6-10-21(11-7-12)17(23)13-4-3-9-19-16(13)24/h1-5,8-9,12H,6-7,10-11H2,(H,19,24)(H,18,20,22). The number of likely N-dealkylation sites (tertiary alicyclic amines) is 1. The molecule has 7 heteroatoms. The molecule has 0 bridgehead atoms. The van der Waals surface area contributed by atoms with Crippen LogP contribution in [-0.4, -0.2) is 39.8 Å². The molecule has 2 aromatic rings. The molecule has 1 aliphatic heterocycles. The lowest BCUT2D eigenvalue weighted by atomic mass is 9.95. The topological polar surface area (TPSA) is 78.1 Å². The van der Waals surface area contributed by atoms with E-state index < -0.39 is 0 Å². The number of aromatic nitrogens is 2. The maximum absolute atomic E-state index is 12.5. The summed E-state index contributed by atoms with van der Waals surface area (Å²) in [6.45, 7) is 1.09. The van der Waals surface area contributed by atoms with Gasteiger partial charge in [0.1, 0.15) is 10.5 Å². The SMILES string of the molecule is O=C(Nc1ccccn1)C1CCN(C(=O)c2ccc[nH]c2=S)CC1. The van der Waals surface area contributed by atoms with E-state index in [1.807, 2.05) is 6.07 Å². The van der Waals surface area contributed by atoms with E-state index in [4.69, 9.17) is 12.2 Å². The summed E-state index contributed by atoms with van der Waals surface area (Å²) in [6.07, 6.45) is 4.61. The average Bonchev–Trinajstić information content (AvgIpc) is 2.62. The minimum atomic E-state index is -0.110. The first-order valence-electron chi connectivity index (χ1n) is 7.84. The second-order valence-electron chi connectivity index (χ2n) is 5.68. The van der Waals surface area contributed by atoms with Crippen molar-refractivity contribution in [3.8, 4) is 0 Å². The van der Waals surface area contributed by atoms with Crippen molar-refractivity contribution in [2.24, 2.45) is 5.92 Å². The number of anilines is 1. The molecule has 124 valence electrons. The van der Waals surface area contributed by atoms with Crippen LogP contribution in [0.5, 0.6) is 0 Å². The van der Waals surface area contributed by atoms with E-state index >= 15 is 0 Å². The fraction of sp³-hybridized carbons (Fsp3) is 0.294. The lowest BCUT2D eigenvalue weighted by Crippen LogP contribution is -2.41. The predicted molar refractivity (Wildman–Crippen MR) is 93.1 cm³/mol. The van der Waals surface area contributed by atoms with E-state index in [1.165, 1.54) is 0 Å². The smallest absolute Gasteiger partial charge is 0.256 e. The quantitative estimate of drug-likeness (QED) is 0.841. The molecule has 2 N–H and O–H groups in total. The second-order valence-corrected chi connectivity index (χ2v) is 6.09. The number of H-pyrrole nitrogens is 1. The Morgan fingerprint density at radius 1 is 1.21 bits per heavy atom. The molecule has 0 aliphatic carbocycles.